The van der Waals surface area contributed by atoms with Gasteiger partial charge in [0.15, 0.2) is 0 Å². The van der Waals surface area contributed by atoms with Crippen molar-refractivity contribution in [2.45, 2.75) is 46.2 Å². The van der Waals surface area contributed by atoms with Crippen LogP contribution in [-0.2, 0) is 25.9 Å². The molecule has 0 radical (unpaired) electrons. The number of benzene rings is 1. The molecule has 2 heterocycles. The zero-order valence-electron chi connectivity index (χ0n) is 13.0. The van der Waals surface area contributed by atoms with Crippen LogP contribution in [0.4, 0.5) is 0 Å². The van der Waals surface area contributed by atoms with Gasteiger partial charge in [-0.1, -0.05) is 36.8 Å². The fourth-order valence-corrected chi connectivity index (χ4v) is 2.95. The minimum Gasteiger partial charge on any atom is -0.293 e. The van der Waals surface area contributed by atoms with Crippen LogP contribution in [0.15, 0.2) is 30.5 Å². The molecule has 3 nitrogen and oxygen atoms in total. The molecule has 3 rings (SSSR count). The zero-order chi connectivity index (χ0) is 14.7. The number of hydrogen-bond acceptors (Lipinski definition) is 3. The Bertz CT molecular complexity index is 622. The lowest BCUT2D eigenvalue weighted by Crippen LogP contribution is -2.31. The summed E-state index contributed by atoms with van der Waals surface area (Å²) < 4.78 is 0. The van der Waals surface area contributed by atoms with Gasteiger partial charge in [0.25, 0.3) is 0 Å². The van der Waals surface area contributed by atoms with Crippen molar-refractivity contribution in [3.63, 3.8) is 0 Å². The lowest BCUT2D eigenvalue weighted by Gasteiger charge is -2.28. The number of hydrogen-bond donors (Lipinski definition) is 0. The fraction of sp³-hybridized carbons (Fsp3) is 0.444. The molecule has 0 atom stereocenters. The predicted molar refractivity (Wildman–Crippen MR) is 85.0 cm³/mol. The maximum atomic E-state index is 4.76. The number of fused-ring (bicyclic) bond motifs is 1. The van der Waals surface area contributed by atoms with Crippen LogP contribution in [0.1, 0.15) is 41.6 Å². The molecule has 0 amide bonds. The van der Waals surface area contributed by atoms with Gasteiger partial charge in [0.1, 0.15) is 5.82 Å². The molecule has 2 aromatic rings. The highest BCUT2D eigenvalue weighted by atomic mass is 15.1. The molecule has 0 fully saturated rings. The smallest absolute Gasteiger partial charge is 0.128 e. The highest BCUT2D eigenvalue weighted by Gasteiger charge is 2.18. The fourth-order valence-electron chi connectivity index (χ4n) is 2.95. The zero-order valence-corrected chi connectivity index (χ0v) is 13.0. The highest BCUT2D eigenvalue weighted by Crippen LogP contribution is 2.19. The number of rotatable bonds is 4. The van der Waals surface area contributed by atoms with Crippen molar-refractivity contribution < 1.29 is 0 Å². The summed E-state index contributed by atoms with van der Waals surface area (Å²) in [5, 5.41) is 0. The summed E-state index contributed by atoms with van der Waals surface area (Å²) in [6.07, 6.45) is 5.18. The minimum absolute atomic E-state index is 0.947. The van der Waals surface area contributed by atoms with Crippen molar-refractivity contribution in [2.75, 3.05) is 6.54 Å². The first-order chi connectivity index (χ1) is 10.2. The molecule has 0 aliphatic carbocycles. The third-order valence-electron chi connectivity index (χ3n) is 4.04. The highest BCUT2D eigenvalue weighted by molar-refractivity contribution is 5.24. The summed E-state index contributed by atoms with van der Waals surface area (Å²) in [5.74, 6) is 0.994. The topological polar surface area (TPSA) is 29.0 Å². The molecule has 110 valence electrons. The van der Waals surface area contributed by atoms with Crippen molar-refractivity contribution >= 4 is 0 Å². The summed E-state index contributed by atoms with van der Waals surface area (Å²) in [7, 11) is 0. The Morgan fingerprint density at radius 1 is 1.29 bits per heavy atom. The Labute approximate surface area is 127 Å². The van der Waals surface area contributed by atoms with Gasteiger partial charge < -0.3 is 0 Å². The summed E-state index contributed by atoms with van der Waals surface area (Å²) in [4.78, 5) is 11.7. The van der Waals surface area contributed by atoms with Gasteiger partial charge in [0.2, 0.25) is 0 Å². The predicted octanol–water partition coefficient (Wildman–Crippen LogP) is 3.30. The van der Waals surface area contributed by atoms with Gasteiger partial charge in [-0.25, -0.2) is 9.97 Å². The van der Waals surface area contributed by atoms with Crippen LogP contribution in [0.2, 0.25) is 0 Å². The van der Waals surface area contributed by atoms with Crippen LogP contribution in [0.3, 0.4) is 0 Å². The third-order valence-corrected chi connectivity index (χ3v) is 4.04. The summed E-state index contributed by atoms with van der Waals surface area (Å²) in [5.41, 5.74) is 5.28. The van der Waals surface area contributed by atoms with Crippen LogP contribution in [0.25, 0.3) is 0 Å². The van der Waals surface area contributed by atoms with Gasteiger partial charge in [-0.3, -0.25) is 4.90 Å². The van der Waals surface area contributed by atoms with Gasteiger partial charge in [0, 0.05) is 32.3 Å². The average Bonchev–Trinajstić information content (AvgIpc) is 2.47. The Hall–Kier alpha value is -1.74. The van der Waals surface area contributed by atoms with E-state index in [1.807, 2.05) is 6.20 Å². The third kappa shape index (κ3) is 3.48. The molecule has 0 saturated carbocycles. The standard InChI is InChI=1S/C18H23N3/c1-3-5-18-19-11-16-8-9-21(13-17(16)20-18)12-15-7-4-6-14(2)10-15/h4,6-7,10-11H,3,5,8-9,12-13H2,1-2H3. The van der Waals surface area contributed by atoms with Crippen molar-refractivity contribution in [1.29, 1.82) is 0 Å². The number of aromatic nitrogens is 2. The van der Waals surface area contributed by atoms with E-state index in [-0.39, 0.29) is 0 Å². The van der Waals surface area contributed by atoms with E-state index in [9.17, 15) is 0 Å². The van der Waals surface area contributed by atoms with Crippen LogP contribution < -0.4 is 0 Å². The molecule has 1 aromatic carbocycles. The molecule has 0 saturated heterocycles. The molecule has 0 N–H and O–H groups in total. The van der Waals surface area contributed by atoms with E-state index in [2.05, 4.69) is 48.0 Å². The van der Waals surface area contributed by atoms with Crippen molar-refractivity contribution in [2.24, 2.45) is 0 Å². The molecule has 3 heteroatoms. The van der Waals surface area contributed by atoms with Gasteiger partial charge in [-0.05, 0) is 30.9 Å². The van der Waals surface area contributed by atoms with E-state index in [0.717, 1.165) is 44.7 Å². The van der Waals surface area contributed by atoms with Gasteiger partial charge in [0.05, 0.1) is 5.69 Å². The van der Waals surface area contributed by atoms with E-state index < -0.39 is 0 Å². The summed E-state index contributed by atoms with van der Waals surface area (Å²) in [6.45, 7) is 7.38. The monoisotopic (exact) mass is 281 g/mol. The second kappa shape index (κ2) is 6.35. The molecule has 1 aromatic heterocycles. The van der Waals surface area contributed by atoms with E-state index in [1.165, 1.54) is 22.4 Å². The van der Waals surface area contributed by atoms with Gasteiger partial charge >= 0.3 is 0 Å². The Morgan fingerprint density at radius 3 is 3.00 bits per heavy atom. The van der Waals surface area contributed by atoms with E-state index in [0.29, 0.717) is 0 Å². The molecular formula is C18H23N3. The summed E-state index contributed by atoms with van der Waals surface area (Å²) in [6, 6.07) is 8.78. The normalized spacial score (nSPS) is 15.0. The first-order valence-electron chi connectivity index (χ1n) is 7.86. The average molecular weight is 281 g/mol. The molecule has 1 aliphatic rings. The molecule has 1 aliphatic heterocycles. The van der Waals surface area contributed by atoms with Gasteiger partial charge in [-0.15, -0.1) is 0 Å². The van der Waals surface area contributed by atoms with Crippen molar-refractivity contribution in [1.82, 2.24) is 14.9 Å². The quantitative estimate of drug-likeness (QED) is 0.861. The van der Waals surface area contributed by atoms with Crippen molar-refractivity contribution in [3.8, 4) is 0 Å². The maximum absolute atomic E-state index is 4.76. The lowest BCUT2D eigenvalue weighted by atomic mass is 10.1. The molecule has 0 bridgehead atoms. The van der Waals surface area contributed by atoms with Crippen LogP contribution in [0, 0.1) is 6.92 Å². The van der Waals surface area contributed by atoms with Crippen LogP contribution >= 0.6 is 0 Å². The molecule has 0 spiro atoms. The largest absolute Gasteiger partial charge is 0.293 e. The van der Waals surface area contributed by atoms with E-state index in [4.69, 9.17) is 4.98 Å². The minimum atomic E-state index is 0.947. The summed E-state index contributed by atoms with van der Waals surface area (Å²) >= 11 is 0. The van der Waals surface area contributed by atoms with Crippen LogP contribution in [0.5, 0.6) is 0 Å². The van der Waals surface area contributed by atoms with Crippen LogP contribution in [-0.4, -0.2) is 21.4 Å². The first-order valence-corrected chi connectivity index (χ1v) is 7.86. The lowest BCUT2D eigenvalue weighted by molar-refractivity contribution is 0.240. The van der Waals surface area contributed by atoms with E-state index >= 15 is 0 Å². The Morgan fingerprint density at radius 2 is 2.19 bits per heavy atom. The number of nitrogens with zero attached hydrogens (tertiary/aromatic N) is 3. The molecule has 21 heavy (non-hydrogen) atoms. The second-order valence-electron chi connectivity index (χ2n) is 5.96. The second-order valence-corrected chi connectivity index (χ2v) is 5.96. The van der Waals surface area contributed by atoms with Gasteiger partial charge in [-0.2, -0.15) is 0 Å². The van der Waals surface area contributed by atoms with E-state index in [1.54, 1.807) is 0 Å². The van der Waals surface area contributed by atoms with Crippen molar-refractivity contribution in [3.05, 3.63) is 58.7 Å². The first kappa shape index (κ1) is 14.2. The Kier molecular flexibility index (Phi) is 4.30. The maximum Gasteiger partial charge on any atom is 0.128 e. The molecule has 0 unspecified atom stereocenters. The molecular weight excluding hydrogens is 258 g/mol. The Balaban J connectivity index is 1.72. The number of aryl methyl sites for hydroxylation is 2. The SMILES string of the molecule is CCCc1ncc2c(n1)CN(Cc1cccc(C)c1)CC2.